The zero-order chi connectivity index (χ0) is 15.3. The Morgan fingerprint density at radius 2 is 2.19 bits per heavy atom. The Hall–Kier alpha value is -1.99. The maximum Gasteiger partial charge on any atom is 0.270 e. The molecule has 21 heavy (non-hydrogen) atoms. The van der Waals surface area contributed by atoms with Crippen molar-refractivity contribution in [2.45, 2.75) is 25.3 Å². The van der Waals surface area contributed by atoms with Crippen LogP contribution in [0.4, 0.5) is 5.69 Å². The van der Waals surface area contributed by atoms with E-state index >= 15 is 0 Å². The predicted molar refractivity (Wildman–Crippen MR) is 75.0 cm³/mol. The molecule has 1 N–H and O–H groups in total. The van der Waals surface area contributed by atoms with Crippen LogP contribution in [0.25, 0.3) is 0 Å². The first-order valence-corrected chi connectivity index (χ1v) is 6.79. The van der Waals surface area contributed by atoms with Gasteiger partial charge < -0.3 is 14.8 Å². The Morgan fingerprint density at radius 1 is 1.43 bits per heavy atom. The van der Waals surface area contributed by atoms with Gasteiger partial charge in [-0.2, -0.15) is 0 Å². The normalized spacial score (nSPS) is 15.5. The molecule has 1 aromatic rings. The Kier molecular flexibility index (Phi) is 4.87. The Labute approximate surface area is 122 Å². The van der Waals surface area contributed by atoms with Crippen LogP contribution < -0.4 is 5.32 Å². The zero-order valence-electron chi connectivity index (χ0n) is 11.8. The number of nitrogens with zero attached hydrogens (tertiary/aromatic N) is 1. The van der Waals surface area contributed by atoms with Gasteiger partial charge in [-0.25, -0.2) is 0 Å². The molecule has 114 valence electrons. The second kappa shape index (κ2) is 6.64. The van der Waals surface area contributed by atoms with Crippen molar-refractivity contribution in [3.8, 4) is 0 Å². The van der Waals surface area contributed by atoms with Gasteiger partial charge in [0.15, 0.2) is 0 Å². The summed E-state index contributed by atoms with van der Waals surface area (Å²) < 4.78 is 10.4. The molecule has 1 aliphatic carbocycles. The van der Waals surface area contributed by atoms with Crippen molar-refractivity contribution in [1.82, 2.24) is 5.32 Å². The van der Waals surface area contributed by atoms with Gasteiger partial charge in [0, 0.05) is 24.3 Å². The number of nitrogens with one attached hydrogen (secondary N) is 1. The molecule has 7 nitrogen and oxygen atoms in total. The van der Waals surface area contributed by atoms with Gasteiger partial charge >= 0.3 is 0 Å². The number of nitro benzene ring substituents is 1. The highest BCUT2D eigenvalue weighted by Crippen LogP contribution is 2.36. The quantitative estimate of drug-likeness (QED) is 0.342. The topological polar surface area (TPSA) is 90.7 Å². The van der Waals surface area contributed by atoms with E-state index in [2.05, 4.69) is 5.32 Å². The zero-order valence-corrected chi connectivity index (χ0v) is 11.8. The maximum absolute atomic E-state index is 12.1. The van der Waals surface area contributed by atoms with Crippen LogP contribution in [0.3, 0.4) is 0 Å². The van der Waals surface area contributed by atoms with Gasteiger partial charge in [0.25, 0.3) is 11.6 Å². The monoisotopic (exact) mass is 294 g/mol. The first-order valence-electron chi connectivity index (χ1n) is 6.79. The van der Waals surface area contributed by atoms with Gasteiger partial charge in [0.1, 0.15) is 6.79 Å². The fourth-order valence-corrected chi connectivity index (χ4v) is 1.91. The van der Waals surface area contributed by atoms with Gasteiger partial charge in [-0.15, -0.1) is 0 Å². The maximum atomic E-state index is 12.1. The van der Waals surface area contributed by atoms with E-state index in [1.54, 1.807) is 6.07 Å². The molecule has 1 aromatic carbocycles. The molecular formula is C14H18N2O5. The number of nitro groups is 1. The number of amides is 1. The second-order valence-electron chi connectivity index (χ2n) is 5.00. The highest BCUT2D eigenvalue weighted by molar-refractivity contribution is 5.95. The molecule has 0 aromatic heterocycles. The van der Waals surface area contributed by atoms with Gasteiger partial charge in [0.2, 0.25) is 0 Å². The Bertz CT molecular complexity index is 528. The van der Waals surface area contributed by atoms with Gasteiger partial charge in [0.05, 0.1) is 17.1 Å². The third-order valence-electron chi connectivity index (χ3n) is 3.30. The molecule has 0 radical (unpaired) electrons. The van der Waals surface area contributed by atoms with Crippen molar-refractivity contribution in [3.63, 3.8) is 0 Å². The van der Waals surface area contributed by atoms with Crippen molar-refractivity contribution in [2.75, 3.05) is 20.0 Å². The summed E-state index contributed by atoms with van der Waals surface area (Å²) in [7, 11) is 0. The largest absolute Gasteiger partial charge is 0.356 e. The Morgan fingerprint density at radius 3 is 2.81 bits per heavy atom. The van der Waals surface area contributed by atoms with Crippen molar-refractivity contribution in [3.05, 3.63) is 39.9 Å². The lowest BCUT2D eigenvalue weighted by Crippen LogP contribution is -2.40. The molecule has 0 unspecified atom stereocenters. The molecule has 0 atom stereocenters. The highest BCUT2D eigenvalue weighted by Gasteiger charge is 2.44. The van der Waals surface area contributed by atoms with Crippen LogP contribution in [0.5, 0.6) is 0 Å². The first-order chi connectivity index (χ1) is 10.1. The smallest absolute Gasteiger partial charge is 0.270 e. The highest BCUT2D eigenvalue weighted by atomic mass is 16.7. The average Bonchev–Trinajstić information content (AvgIpc) is 3.23. The molecule has 7 heteroatoms. The number of carbonyl (C=O) groups excluding carboxylic acids is 1. The third-order valence-corrected chi connectivity index (χ3v) is 3.30. The van der Waals surface area contributed by atoms with Crippen molar-refractivity contribution < 1.29 is 19.2 Å². The van der Waals surface area contributed by atoms with E-state index in [0.717, 1.165) is 12.8 Å². The van der Waals surface area contributed by atoms with Gasteiger partial charge in [-0.3, -0.25) is 14.9 Å². The van der Waals surface area contributed by atoms with Crippen LogP contribution >= 0.6 is 0 Å². The van der Waals surface area contributed by atoms with Crippen LogP contribution in [0.2, 0.25) is 0 Å². The van der Waals surface area contributed by atoms with Crippen molar-refractivity contribution >= 4 is 11.6 Å². The molecule has 0 heterocycles. The molecule has 1 amide bonds. The Balaban J connectivity index is 1.92. The molecule has 0 spiro atoms. The van der Waals surface area contributed by atoms with Crippen LogP contribution in [0.15, 0.2) is 24.3 Å². The van der Waals surface area contributed by atoms with E-state index in [9.17, 15) is 14.9 Å². The summed E-state index contributed by atoms with van der Waals surface area (Å²) in [4.78, 5) is 22.3. The summed E-state index contributed by atoms with van der Waals surface area (Å²) in [6, 6.07) is 5.68. The number of ether oxygens (including phenoxy) is 2. The van der Waals surface area contributed by atoms with E-state index in [1.165, 1.54) is 18.2 Å². The molecular weight excluding hydrogens is 276 g/mol. The lowest BCUT2D eigenvalue weighted by atomic mass is 10.1. The van der Waals surface area contributed by atoms with Gasteiger partial charge in [-0.1, -0.05) is 6.07 Å². The summed E-state index contributed by atoms with van der Waals surface area (Å²) in [5.41, 5.74) is -0.181. The lowest BCUT2D eigenvalue weighted by molar-refractivity contribution is -0.384. The van der Waals surface area contributed by atoms with Crippen LogP contribution in [-0.4, -0.2) is 36.4 Å². The van der Waals surface area contributed by atoms with E-state index in [-0.39, 0.29) is 29.5 Å². The number of carbonyl (C=O) groups is 1. The van der Waals surface area contributed by atoms with Crippen molar-refractivity contribution in [2.24, 2.45) is 0 Å². The summed E-state index contributed by atoms with van der Waals surface area (Å²) in [5, 5.41) is 13.6. The minimum Gasteiger partial charge on any atom is -0.356 e. The summed E-state index contributed by atoms with van der Waals surface area (Å²) in [5.74, 6) is -0.323. The van der Waals surface area contributed by atoms with E-state index in [4.69, 9.17) is 9.47 Å². The summed E-state index contributed by atoms with van der Waals surface area (Å²) in [6.07, 6.45) is 1.67. The summed E-state index contributed by atoms with van der Waals surface area (Å²) in [6.45, 7) is 3.03. The van der Waals surface area contributed by atoms with Crippen LogP contribution in [-0.2, 0) is 9.47 Å². The molecule has 2 rings (SSSR count). The number of non-ortho nitro benzene ring substituents is 1. The first kappa shape index (κ1) is 15.4. The molecule has 0 aliphatic heterocycles. The number of benzene rings is 1. The summed E-state index contributed by atoms with van der Waals surface area (Å²) >= 11 is 0. The molecule has 0 saturated heterocycles. The van der Waals surface area contributed by atoms with Crippen LogP contribution in [0.1, 0.15) is 30.1 Å². The predicted octanol–water partition coefficient (Wildman–Crippen LogP) is 1.87. The van der Waals surface area contributed by atoms with Gasteiger partial charge in [-0.05, 0) is 25.8 Å². The molecule has 1 fully saturated rings. The SMILES string of the molecule is CCOCOCC1(NC(=O)c2cccc([N+](=O)[O-])c2)CC1. The fraction of sp³-hybridized carbons (Fsp3) is 0.500. The number of rotatable bonds is 8. The minimum absolute atomic E-state index is 0.0971. The van der Waals surface area contributed by atoms with E-state index < -0.39 is 4.92 Å². The third kappa shape index (κ3) is 4.24. The molecule has 1 aliphatic rings. The minimum atomic E-state index is -0.519. The average molecular weight is 294 g/mol. The number of hydrogen-bond acceptors (Lipinski definition) is 5. The van der Waals surface area contributed by atoms with Crippen molar-refractivity contribution in [1.29, 1.82) is 0 Å². The molecule has 0 bridgehead atoms. The van der Waals surface area contributed by atoms with Crippen LogP contribution in [0, 0.1) is 10.1 Å². The van der Waals surface area contributed by atoms with E-state index in [1.807, 2.05) is 6.92 Å². The van der Waals surface area contributed by atoms with E-state index in [0.29, 0.717) is 13.2 Å². The second-order valence-corrected chi connectivity index (χ2v) is 5.00. The molecule has 1 saturated carbocycles. The fourth-order valence-electron chi connectivity index (χ4n) is 1.91. The standard InChI is InChI=1S/C14H18N2O5/c1-2-20-10-21-9-14(6-7-14)15-13(17)11-4-3-5-12(8-11)16(18)19/h3-5,8H,2,6-7,9-10H2,1H3,(H,15,17). The lowest BCUT2D eigenvalue weighted by Gasteiger charge is -2.17. The number of hydrogen-bond donors (Lipinski definition) is 1.